The zero-order valence-corrected chi connectivity index (χ0v) is 10.3. The van der Waals surface area contributed by atoms with Gasteiger partial charge in [0, 0.05) is 22.6 Å². The number of aromatic hydroxyl groups is 1. The summed E-state index contributed by atoms with van der Waals surface area (Å²) < 4.78 is 14.0. The van der Waals surface area contributed by atoms with E-state index >= 15 is 0 Å². The average molecular weight is 264 g/mol. The molecule has 3 rings (SSSR count). The molecule has 0 amide bonds. The molecular formula is C16H9FN2O. The second-order valence-corrected chi connectivity index (χ2v) is 4.35. The topological polar surface area (TPSA) is 56.9 Å². The highest BCUT2D eigenvalue weighted by atomic mass is 19.1. The molecule has 0 bridgehead atoms. The Bertz CT molecular complexity index is 853. The van der Waals surface area contributed by atoms with E-state index < -0.39 is 5.82 Å². The van der Waals surface area contributed by atoms with Gasteiger partial charge in [0.05, 0.1) is 5.52 Å². The summed E-state index contributed by atoms with van der Waals surface area (Å²) in [5.74, 6) is -0.739. The highest BCUT2D eigenvalue weighted by Gasteiger charge is 2.13. The number of para-hydroxylation sites is 1. The van der Waals surface area contributed by atoms with Crippen molar-refractivity contribution in [2.75, 3.05) is 0 Å². The van der Waals surface area contributed by atoms with E-state index in [0.717, 1.165) is 11.5 Å². The summed E-state index contributed by atoms with van der Waals surface area (Å²) in [7, 11) is 0. The monoisotopic (exact) mass is 264 g/mol. The fraction of sp³-hybridized carbons (Fsp3) is 0. The van der Waals surface area contributed by atoms with E-state index in [1.807, 2.05) is 24.3 Å². The predicted molar refractivity (Wildman–Crippen MR) is 73.5 cm³/mol. The van der Waals surface area contributed by atoms with Crippen molar-refractivity contribution in [1.29, 1.82) is 5.26 Å². The summed E-state index contributed by atoms with van der Waals surface area (Å²) in [6, 6.07) is 14.9. The lowest BCUT2D eigenvalue weighted by Gasteiger charge is -2.07. The van der Waals surface area contributed by atoms with Crippen molar-refractivity contribution in [3.8, 4) is 22.9 Å². The van der Waals surface area contributed by atoms with Gasteiger partial charge in [0.1, 0.15) is 23.3 Å². The van der Waals surface area contributed by atoms with Gasteiger partial charge in [-0.05, 0) is 24.3 Å². The highest BCUT2D eigenvalue weighted by molar-refractivity contribution is 5.86. The van der Waals surface area contributed by atoms with Crippen LogP contribution in [0.1, 0.15) is 5.69 Å². The van der Waals surface area contributed by atoms with E-state index in [0.29, 0.717) is 11.1 Å². The van der Waals surface area contributed by atoms with Crippen LogP contribution in [-0.4, -0.2) is 10.1 Å². The molecule has 0 spiro atoms. The second-order valence-electron chi connectivity index (χ2n) is 4.35. The Kier molecular flexibility index (Phi) is 2.81. The van der Waals surface area contributed by atoms with Crippen molar-refractivity contribution >= 4 is 10.9 Å². The minimum absolute atomic E-state index is 0.154. The Morgan fingerprint density at radius 2 is 1.85 bits per heavy atom. The zero-order valence-electron chi connectivity index (χ0n) is 10.3. The van der Waals surface area contributed by atoms with Crippen LogP contribution in [0.25, 0.3) is 22.0 Å². The largest absolute Gasteiger partial charge is 0.508 e. The van der Waals surface area contributed by atoms with Crippen LogP contribution in [0.4, 0.5) is 4.39 Å². The molecule has 4 heteroatoms. The summed E-state index contributed by atoms with van der Waals surface area (Å²) in [5, 5.41) is 19.3. The molecule has 0 fully saturated rings. The van der Waals surface area contributed by atoms with E-state index in [2.05, 4.69) is 4.98 Å². The van der Waals surface area contributed by atoms with Crippen LogP contribution < -0.4 is 0 Å². The first-order valence-electron chi connectivity index (χ1n) is 5.98. The summed E-state index contributed by atoms with van der Waals surface area (Å²) in [6.45, 7) is 0. The van der Waals surface area contributed by atoms with E-state index in [4.69, 9.17) is 0 Å². The number of rotatable bonds is 1. The van der Waals surface area contributed by atoms with E-state index in [-0.39, 0.29) is 17.0 Å². The number of phenols is 1. The standard InChI is InChI=1S/C16H9FN2O/c17-14-8-11(20)5-6-12(14)13-7-10-3-1-2-4-15(10)19-16(13)9-18/h1-8,20H. The van der Waals surface area contributed by atoms with Crippen molar-refractivity contribution in [2.24, 2.45) is 0 Å². The van der Waals surface area contributed by atoms with Crippen LogP contribution in [0.5, 0.6) is 5.75 Å². The number of phenolic OH excluding ortho intramolecular Hbond substituents is 1. The molecule has 0 saturated heterocycles. The third-order valence-electron chi connectivity index (χ3n) is 3.07. The lowest BCUT2D eigenvalue weighted by molar-refractivity contribution is 0.469. The zero-order chi connectivity index (χ0) is 14.1. The number of nitrogens with zero attached hydrogens (tertiary/aromatic N) is 2. The van der Waals surface area contributed by atoms with Crippen LogP contribution in [0.3, 0.4) is 0 Å². The smallest absolute Gasteiger partial charge is 0.149 e. The number of fused-ring (bicyclic) bond motifs is 1. The third-order valence-corrected chi connectivity index (χ3v) is 3.07. The van der Waals surface area contributed by atoms with Crippen LogP contribution in [0.15, 0.2) is 48.5 Å². The van der Waals surface area contributed by atoms with Gasteiger partial charge in [-0.2, -0.15) is 5.26 Å². The van der Waals surface area contributed by atoms with Crippen molar-refractivity contribution < 1.29 is 9.50 Å². The number of nitriles is 1. The van der Waals surface area contributed by atoms with Crippen LogP contribution in [0, 0.1) is 17.1 Å². The van der Waals surface area contributed by atoms with Gasteiger partial charge in [-0.1, -0.05) is 18.2 Å². The minimum atomic E-state index is -0.585. The Hall–Kier alpha value is -2.93. The van der Waals surface area contributed by atoms with Crippen molar-refractivity contribution in [2.45, 2.75) is 0 Å². The van der Waals surface area contributed by atoms with Crippen LogP contribution in [0.2, 0.25) is 0 Å². The second kappa shape index (κ2) is 4.63. The molecule has 0 aliphatic heterocycles. The first-order valence-corrected chi connectivity index (χ1v) is 5.98. The molecule has 0 aliphatic carbocycles. The van der Waals surface area contributed by atoms with Gasteiger partial charge in [0.15, 0.2) is 0 Å². The molecule has 3 aromatic rings. The van der Waals surface area contributed by atoms with E-state index in [9.17, 15) is 14.8 Å². The Morgan fingerprint density at radius 3 is 2.60 bits per heavy atom. The first-order chi connectivity index (χ1) is 9.69. The summed E-state index contributed by atoms with van der Waals surface area (Å²) in [4.78, 5) is 4.24. The van der Waals surface area contributed by atoms with Crippen molar-refractivity contribution in [3.05, 3.63) is 60.0 Å². The van der Waals surface area contributed by atoms with Crippen LogP contribution in [-0.2, 0) is 0 Å². The normalized spacial score (nSPS) is 10.4. The first kappa shape index (κ1) is 12.1. The maximum absolute atomic E-state index is 14.0. The molecule has 0 atom stereocenters. The Balaban J connectivity index is 2.32. The highest BCUT2D eigenvalue weighted by Crippen LogP contribution is 2.30. The van der Waals surface area contributed by atoms with Gasteiger partial charge in [-0.3, -0.25) is 0 Å². The van der Waals surface area contributed by atoms with Gasteiger partial charge in [0.25, 0.3) is 0 Å². The number of pyridine rings is 1. The minimum Gasteiger partial charge on any atom is -0.508 e. The molecule has 0 saturated carbocycles. The molecule has 96 valence electrons. The molecule has 0 aliphatic rings. The molecule has 1 N–H and O–H groups in total. The number of halogens is 1. The number of hydrogen-bond acceptors (Lipinski definition) is 3. The number of aromatic nitrogens is 1. The Morgan fingerprint density at radius 1 is 1.05 bits per heavy atom. The molecule has 2 aromatic carbocycles. The van der Waals surface area contributed by atoms with E-state index in [1.165, 1.54) is 12.1 Å². The van der Waals surface area contributed by atoms with Crippen molar-refractivity contribution in [1.82, 2.24) is 4.98 Å². The molecule has 20 heavy (non-hydrogen) atoms. The molecular weight excluding hydrogens is 255 g/mol. The quantitative estimate of drug-likeness (QED) is 0.730. The van der Waals surface area contributed by atoms with Gasteiger partial charge >= 0.3 is 0 Å². The number of hydrogen-bond donors (Lipinski definition) is 1. The third kappa shape index (κ3) is 1.95. The van der Waals surface area contributed by atoms with Gasteiger partial charge in [-0.15, -0.1) is 0 Å². The van der Waals surface area contributed by atoms with Crippen molar-refractivity contribution in [3.63, 3.8) is 0 Å². The maximum atomic E-state index is 14.0. The van der Waals surface area contributed by atoms with Gasteiger partial charge in [-0.25, -0.2) is 9.37 Å². The summed E-state index contributed by atoms with van der Waals surface area (Å²) in [5.41, 5.74) is 1.52. The SMILES string of the molecule is N#Cc1nc2ccccc2cc1-c1ccc(O)cc1F. The fourth-order valence-electron chi connectivity index (χ4n) is 2.13. The van der Waals surface area contributed by atoms with Gasteiger partial charge in [0.2, 0.25) is 0 Å². The molecule has 3 nitrogen and oxygen atoms in total. The fourth-order valence-corrected chi connectivity index (χ4v) is 2.13. The van der Waals surface area contributed by atoms with Gasteiger partial charge < -0.3 is 5.11 Å². The summed E-state index contributed by atoms with van der Waals surface area (Å²) in [6.07, 6.45) is 0. The molecule has 0 unspecified atom stereocenters. The predicted octanol–water partition coefficient (Wildman–Crippen LogP) is 3.62. The average Bonchev–Trinajstić information content (AvgIpc) is 2.46. The lowest BCUT2D eigenvalue weighted by Crippen LogP contribution is -1.93. The molecule has 0 radical (unpaired) electrons. The Labute approximate surface area is 114 Å². The number of benzene rings is 2. The summed E-state index contributed by atoms with van der Waals surface area (Å²) >= 11 is 0. The van der Waals surface area contributed by atoms with Crippen LogP contribution >= 0.6 is 0 Å². The van der Waals surface area contributed by atoms with E-state index in [1.54, 1.807) is 12.1 Å². The lowest BCUT2D eigenvalue weighted by atomic mass is 10.0. The maximum Gasteiger partial charge on any atom is 0.149 e. The molecule has 1 heterocycles. The molecule has 1 aromatic heterocycles.